The van der Waals surface area contributed by atoms with Gasteiger partial charge in [0.1, 0.15) is 6.07 Å². The summed E-state index contributed by atoms with van der Waals surface area (Å²) in [4.78, 5) is 4.21. The normalized spacial score (nSPS) is 11.2. The van der Waals surface area contributed by atoms with E-state index in [0.717, 1.165) is 12.1 Å². The zero-order chi connectivity index (χ0) is 20.5. The van der Waals surface area contributed by atoms with Crippen molar-refractivity contribution in [2.45, 2.75) is 6.18 Å². The average molecular weight is 408 g/mol. The first kappa shape index (κ1) is 19.6. The number of nitrogens with zero attached hydrogens (tertiary/aromatic N) is 2. The van der Waals surface area contributed by atoms with Crippen molar-refractivity contribution in [1.82, 2.24) is 4.98 Å². The molecule has 0 bridgehead atoms. The van der Waals surface area contributed by atoms with Crippen LogP contribution in [-0.4, -0.2) is 19.2 Å². The van der Waals surface area contributed by atoms with Crippen molar-refractivity contribution in [1.29, 1.82) is 5.26 Å². The summed E-state index contributed by atoms with van der Waals surface area (Å²) in [5.41, 5.74) is 0.0714. The van der Waals surface area contributed by atoms with E-state index in [1.165, 1.54) is 26.5 Å². The van der Waals surface area contributed by atoms with Crippen LogP contribution in [0.1, 0.15) is 11.1 Å². The molecular formula is C19H13ClF3N3O2. The topological polar surface area (TPSA) is 67.2 Å². The Hall–Kier alpha value is -3.18. The Morgan fingerprint density at radius 2 is 1.79 bits per heavy atom. The Morgan fingerprint density at radius 1 is 1.11 bits per heavy atom. The second-order valence-electron chi connectivity index (χ2n) is 5.70. The zero-order valence-electron chi connectivity index (χ0n) is 14.7. The monoisotopic (exact) mass is 407 g/mol. The molecule has 1 aromatic heterocycles. The third kappa shape index (κ3) is 3.62. The number of hydrogen-bond acceptors (Lipinski definition) is 5. The third-order valence-corrected chi connectivity index (χ3v) is 4.36. The van der Waals surface area contributed by atoms with E-state index in [9.17, 15) is 18.4 Å². The Kier molecular flexibility index (Phi) is 5.21. The molecule has 0 spiro atoms. The van der Waals surface area contributed by atoms with Crippen LogP contribution in [0.2, 0.25) is 5.02 Å². The van der Waals surface area contributed by atoms with Gasteiger partial charge in [-0.15, -0.1) is 0 Å². The summed E-state index contributed by atoms with van der Waals surface area (Å²) in [6, 6.07) is 8.63. The number of aromatic nitrogens is 1. The number of benzene rings is 2. The van der Waals surface area contributed by atoms with Gasteiger partial charge in [-0.25, -0.2) is 0 Å². The van der Waals surface area contributed by atoms with Crippen LogP contribution >= 0.6 is 11.6 Å². The smallest absolute Gasteiger partial charge is 0.417 e. The van der Waals surface area contributed by atoms with Gasteiger partial charge in [0, 0.05) is 23.3 Å². The van der Waals surface area contributed by atoms with Gasteiger partial charge in [0.15, 0.2) is 11.5 Å². The van der Waals surface area contributed by atoms with Gasteiger partial charge in [-0.05, 0) is 24.3 Å². The Labute approximate surface area is 163 Å². The molecule has 0 aliphatic heterocycles. The van der Waals surface area contributed by atoms with Gasteiger partial charge in [0.05, 0.1) is 41.6 Å². The highest BCUT2D eigenvalue weighted by atomic mass is 35.5. The molecule has 0 radical (unpaired) electrons. The molecule has 0 amide bonds. The van der Waals surface area contributed by atoms with Gasteiger partial charge >= 0.3 is 6.18 Å². The lowest BCUT2D eigenvalue weighted by Gasteiger charge is -2.16. The predicted octanol–water partition coefficient (Wildman–Crippen LogP) is 5.54. The fourth-order valence-corrected chi connectivity index (χ4v) is 2.93. The molecule has 0 saturated carbocycles. The summed E-state index contributed by atoms with van der Waals surface area (Å²) < 4.78 is 49.9. The van der Waals surface area contributed by atoms with Gasteiger partial charge in [-0.1, -0.05) is 11.6 Å². The zero-order valence-corrected chi connectivity index (χ0v) is 15.4. The molecule has 9 heteroatoms. The molecule has 3 rings (SSSR count). The molecular weight excluding hydrogens is 395 g/mol. The fraction of sp³-hybridized carbons (Fsp3) is 0.158. The number of alkyl halides is 3. The minimum absolute atomic E-state index is 0.121. The van der Waals surface area contributed by atoms with E-state index in [1.807, 2.05) is 6.07 Å². The summed E-state index contributed by atoms with van der Waals surface area (Å²) in [5.74, 6) is 0.825. The molecule has 0 atom stereocenters. The van der Waals surface area contributed by atoms with E-state index in [2.05, 4.69) is 10.3 Å². The number of halogens is 4. The highest BCUT2D eigenvalue weighted by Gasteiger charge is 2.33. The molecule has 1 heterocycles. The fourth-order valence-electron chi connectivity index (χ4n) is 2.70. The van der Waals surface area contributed by atoms with Gasteiger partial charge in [0.25, 0.3) is 0 Å². The van der Waals surface area contributed by atoms with Gasteiger partial charge in [-0.3, -0.25) is 4.98 Å². The summed E-state index contributed by atoms with van der Waals surface area (Å²) in [6.07, 6.45) is -3.28. The number of ether oxygens (including phenoxy) is 2. The van der Waals surface area contributed by atoms with E-state index in [1.54, 1.807) is 12.1 Å². The van der Waals surface area contributed by atoms with Crippen molar-refractivity contribution in [3.63, 3.8) is 0 Å². The largest absolute Gasteiger partial charge is 0.493 e. The van der Waals surface area contributed by atoms with Crippen molar-refractivity contribution < 1.29 is 22.6 Å². The van der Waals surface area contributed by atoms with E-state index >= 15 is 0 Å². The summed E-state index contributed by atoms with van der Waals surface area (Å²) >= 11 is 5.67. The molecule has 28 heavy (non-hydrogen) atoms. The van der Waals surface area contributed by atoms with Crippen LogP contribution in [-0.2, 0) is 6.18 Å². The lowest BCUT2D eigenvalue weighted by atomic mass is 10.1. The second-order valence-corrected chi connectivity index (χ2v) is 6.11. The number of nitriles is 1. The number of nitrogens with one attached hydrogen (secondary N) is 1. The van der Waals surface area contributed by atoms with E-state index in [4.69, 9.17) is 21.1 Å². The van der Waals surface area contributed by atoms with E-state index in [-0.39, 0.29) is 11.3 Å². The van der Waals surface area contributed by atoms with Crippen LogP contribution in [0.25, 0.3) is 10.9 Å². The number of fused-ring (bicyclic) bond motifs is 1. The summed E-state index contributed by atoms with van der Waals surface area (Å²) in [7, 11) is 2.92. The van der Waals surface area contributed by atoms with Crippen molar-refractivity contribution in [2.75, 3.05) is 19.5 Å². The number of methoxy groups -OCH3 is 2. The van der Waals surface area contributed by atoms with Gasteiger partial charge in [0.2, 0.25) is 0 Å². The Morgan fingerprint density at radius 3 is 2.39 bits per heavy atom. The van der Waals surface area contributed by atoms with Crippen molar-refractivity contribution in [3.8, 4) is 17.6 Å². The molecule has 5 nitrogen and oxygen atoms in total. The predicted molar refractivity (Wildman–Crippen MR) is 99.3 cm³/mol. The molecule has 0 aliphatic carbocycles. The van der Waals surface area contributed by atoms with Gasteiger partial charge < -0.3 is 14.8 Å². The Balaban J connectivity index is 2.19. The number of pyridine rings is 1. The number of hydrogen-bond donors (Lipinski definition) is 1. The highest BCUT2D eigenvalue weighted by molar-refractivity contribution is 6.31. The minimum atomic E-state index is -4.61. The van der Waals surface area contributed by atoms with E-state index in [0.29, 0.717) is 28.1 Å². The standard InChI is InChI=1S/C19H13ClF3N3O2/c1-27-16-6-12-15(7-17(16)28-2)25-9-10(8-24)18(12)26-11-3-4-14(20)13(5-11)19(21,22)23/h3-7,9H,1-2H3,(H,25,26). The molecule has 0 unspecified atom stereocenters. The van der Waals surface area contributed by atoms with Crippen LogP contribution in [0.3, 0.4) is 0 Å². The first-order valence-electron chi connectivity index (χ1n) is 7.87. The lowest BCUT2D eigenvalue weighted by molar-refractivity contribution is -0.137. The molecule has 0 aliphatic rings. The molecule has 1 N–H and O–H groups in total. The molecule has 144 valence electrons. The molecule has 0 fully saturated rings. The maximum atomic E-state index is 13.1. The lowest BCUT2D eigenvalue weighted by Crippen LogP contribution is -2.07. The quantitative estimate of drug-likeness (QED) is 0.615. The molecule has 2 aromatic carbocycles. The molecule has 3 aromatic rings. The first-order chi connectivity index (χ1) is 13.3. The first-order valence-corrected chi connectivity index (χ1v) is 8.25. The Bertz CT molecular complexity index is 1090. The van der Waals surface area contributed by atoms with Crippen molar-refractivity contribution >= 4 is 33.9 Å². The third-order valence-electron chi connectivity index (χ3n) is 4.03. The SMILES string of the molecule is COc1cc2ncc(C#N)c(Nc3ccc(Cl)c(C(F)(F)F)c3)c2cc1OC. The van der Waals surface area contributed by atoms with Crippen molar-refractivity contribution in [3.05, 3.63) is 52.7 Å². The minimum Gasteiger partial charge on any atom is -0.493 e. The summed E-state index contributed by atoms with van der Waals surface area (Å²) in [5, 5.41) is 12.4. The summed E-state index contributed by atoms with van der Waals surface area (Å²) in [6.45, 7) is 0. The highest BCUT2D eigenvalue weighted by Crippen LogP contribution is 2.39. The maximum Gasteiger partial charge on any atom is 0.417 e. The van der Waals surface area contributed by atoms with Crippen LogP contribution in [0.5, 0.6) is 11.5 Å². The van der Waals surface area contributed by atoms with Crippen LogP contribution in [0.4, 0.5) is 24.5 Å². The van der Waals surface area contributed by atoms with Gasteiger partial charge in [-0.2, -0.15) is 18.4 Å². The second kappa shape index (κ2) is 7.44. The number of rotatable bonds is 4. The van der Waals surface area contributed by atoms with Crippen molar-refractivity contribution in [2.24, 2.45) is 0 Å². The van der Waals surface area contributed by atoms with Crippen LogP contribution < -0.4 is 14.8 Å². The number of anilines is 2. The maximum absolute atomic E-state index is 13.1. The van der Waals surface area contributed by atoms with E-state index < -0.39 is 16.8 Å². The molecule has 0 saturated heterocycles. The average Bonchev–Trinajstić information content (AvgIpc) is 2.67. The van der Waals surface area contributed by atoms with Crippen LogP contribution in [0.15, 0.2) is 36.5 Å². The van der Waals surface area contributed by atoms with Crippen LogP contribution in [0, 0.1) is 11.3 Å².